The smallest absolute Gasteiger partial charge is 0.122 e. The van der Waals surface area contributed by atoms with E-state index < -0.39 is 0 Å². The summed E-state index contributed by atoms with van der Waals surface area (Å²) >= 11 is 0. The predicted octanol–water partition coefficient (Wildman–Crippen LogP) is 3.44. The molecule has 1 N–H and O–H groups in total. The van der Waals surface area contributed by atoms with Gasteiger partial charge in [0.15, 0.2) is 0 Å². The van der Waals surface area contributed by atoms with Crippen molar-refractivity contribution in [2.75, 3.05) is 39.3 Å². The summed E-state index contributed by atoms with van der Waals surface area (Å²) in [6.45, 7) is 13.3. The molecule has 0 bridgehead atoms. The topological polar surface area (TPSA) is 24.5 Å². The van der Waals surface area contributed by atoms with Gasteiger partial charge in [0.2, 0.25) is 0 Å². The number of rotatable bonds is 8. The molecule has 3 heteroatoms. The fourth-order valence-corrected chi connectivity index (χ4v) is 2.99. The van der Waals surface area contributed by atoms with Gasteiger partial charge >= 0.3 is 0 Å². The van der Waals surface area contributed by atoms with E-state index in [4.69, 9.17) is 4.74 Å². The third kappa shape index (κ3) is 5.29. The van der Waals surface area contributed by atoms with E-state index in [9.17, 15) is 0 Å². The molecule has 124 valence electrons. The highest BCUT2D eigenvalue weighted by Crippen LogP contribution is 2.28. The zero-order valence-electron chi connectivity index (χ0n) is 14.5. The Morgan fingerprint density at radius 3 is 2.68 bits per heavy atom. The summed E-state index contributed by atoms with van der Waals surface area (Å²) in [4.78, 5) is 2.57. The van der Waals surface area contributed by atoms with E-state index in [2.05, 4.69) is 49.2 Å². The molecule has 1 aliphatic rings. The van der Waals surface area contributed by atoms with E-state index in [0.717, 1.165) is 38.3 Å². The minimum atomic E-state index is 0.514. The highest BCUT2D eigenvalue weighted by atomic mass is 16.5. The van der Waals surface area contributed by atoms with Crippen molar-refractivity contribution in [2.45, 2.75) is 46.0 Å². The Kier molecular flexibility index (Phi) is 7.20. The highest BCUT2D eigenvalue weighted by Gasteiger charge is 2.11. The molecule has 1 aromatic carbocycles. The fourth-order valence-electron chi connectivity index (χ4n) is 2.99. The van der Waals surface area contributed by atoms with Crippen LogP contribution in [-0.2, 0) is 6.42 Å². The van der Waals surface area contributed by atoms with Gasteiger partial charge < -0.3 is 15.0 Å². The van der Waals surface area contributed by atoms with Gasteiger partial charge in [-0.2, -0.15) is 0 Å². The monoisotopic (exact) mass is 304 g/mol. The average molecular weight is 304 g/mol. The molecule has 22 heavy (non-hydrogen) atoms. The lowest BCUT2D eigenvalue weighted by Gasteiger charge is -2.27. The number of benzene rings is 1. The lowest BCUT2D eigenvalue weighted by Crippen LogP contribution is -2.43. The van der Waals surface area contributed by atoms with E-state index in [0.29, 0.717) is 5.92 Å². The molecule has 0 unspecified atom stereocenters. The molecule has 1 heterocycles. The molecule has 1 aliphatic heterocycles. The van der Waals surface area contributed by atoms with E-state index in [1.807, 2.05) is 0 Å². The maximum atomic E-state index is 5.89. The Balaban J connectivity index is 1.88. The third-order valence-electron chi connectivity index (χ3n) is 4.31. The first-order chi connectivity index (χ1) is 10.7. The van der Waals surface area contributed by atoms with Crippen LogP contribution in [0.4, 0.5) is 0 Å². The molecule has 0 atom stereocenters. The van der Waals surface area contributed by atoms with Gasteiger partial charge in [-0.25, -0.2) is 0 Å². The molecular formula is C19H32N2O. The summed E-state index contributed by atoms with van der Waals surface area (Å²) in [5.74, 6) is 1.59. The van der Waals surface area contributed by atoms with E-state index in [1.165, 1.54) is 37.2 Å². The molecule has 0 aromatic heterocycles. The van der Waals surface area contributed by atoms with Crippen LogP contribution in [-0.4, -0.2) is 44.2 Å². The number of hydrogen-bond donors (Lipinski definition) is 1. The summed E-state index contributed by atoms with van der Waals surface area (Å²) in [5.41, 5.74) is 2.80. The second-order valence-corrected chi connectivity index (χ2v) is 6.57. The Bertz CT molecular complexity index is 439. The Hall–Kier alpha value is -1.06. The van der Waals surface area contributed by atoms with Gasteiger partial charge in [0, 0.05) is 26.2 Å². The van der Waals surface area contributed by atoms with Crippen molar-refractivity contribution in [3.8, 4) is 5.75 Å². The lowest BCUT2D eigenvalue weighted by atomic mass is 9.97. The highest BCUT2D eigenvalue weighted by molar-refractivity contribution is 5.39. The number of hydrogen-bond acceptors (Lipinski definition) is 3. The van der Waals surface area contributed by atoms with Crippen LogP contribution in [0.1, 0.15) is 50.7 Å². The van der Waals surface area contributed by atoms with Gasteiger partial charge in [0.1, 0.15) is 5.75 Å². The van der Waals surface area contributed by atoms with Crippen molar-refractivity contribution < 1.29 is 4.74 Å². The minimum absolute atomic E-state index is 0.514. The zero-order valence-corrected chi connectivity index (χ0v) is 14.5. The third-order valence-corrected chi connectivity index (χ3v) is 4.31. The molecule has 0 amide bonds. The fraction of sp³-hybridized carbons (Fsp3) is 0.684. The second kappa shape index (κ2) is 9.16. The Morgan fingerprint density at radius 2 is 2.00 bits per heavy atom. The average Bonchev–Trinajstić information content (AvgIpc) is 2.54. The summed E-state index contributed by atoms with van der Waals surface area (Å²) < 4.78 is 5.89. The van der Waals surface area contributed by atoms with Crippen molar-refractivity contribution in [1.82, 2.24) is 10.2 Å². The van der Waals surface area contributed by atoms with Gasteiger partial charge in [-0.05, 0) is 48.9 Å². The lowest BCUT2D eigenvalue weighted by molar-refractivity contribution is 0.238. The first kappa shape index (κ1) is 17.3. The summed E-state index contributed by atoms with van der Waals surface area (Å²) in [5, 5.41) is 3.41. The molecule has 1 aromatic rings. The number of ether oxygens (including phenoxy) is 1. The van der Waals surface area contributed by atoms with E-state index >= 15 is 0 Å². The summed E-state index contributed by atoms with van der Waals surface area (Å²) in [6.07, 6.45) is 3.47. The first-order valence-corrected chi connectivity index (χ1v) is 8.89. The van der Waals surface area contributed by atoms with Crippen LogP contribution in [0.2, 0.25) is 0 Å². The number of nitrogens with zero attached hydrogens (tertiary/aromatic N) is 1. The molecule has 2 rings (SSSR count). The van der Waals surface area contributed by atoms with Gasteiger partial charge in [-0.3, -0.25) is 0 Å². The van der Waals surface area contributed by atoms with Crippen LogP contribution >= 0.6 is 0 Å². The predicted molar refractivity (Wildman–Crippen MR) is 93.9 cm³/mol. The molecule has 0 saturated carbocycles. The zero-order chi connectivity index (χ0) is 15.8. The van der Waals surface area contributed by atoms with Crippen molar-refractivity contribution in [2.24, 2.45) is 0 Å². The van der Waals surface area contributed by atoms with Crippen LogP contribution in [0.15, 0.2) is 18.2 Å². The van der Waals surface area contributed by atoms with Crippen LogP contribution in [0.3, 0.4) is 0 Å². The van der Waals surface area contributed by atoms with Crippen LogP contribution in [0.5, 0.6) is 5.75 Å². The van der Waals surface area contributed by atoms with Crippen molar-refractivity contribution in [3.05, 3.63) is 29.3 Å². The van der Waals surface area contributed by atoms with Crippen LogP contribution in [0, 0.1) is 0 Å². The summed E-state index contributed by atoms with van der Waals surface area (Å²) in [6, 6.07) is 6.77. The first-order valence-electron chi connectivity index (χ1n) is 8.89. The maximum Gasteiger partial charge on any atom is 0.122 e. The number of nitrogens with one attached hydrogen (secondary N) is 1. The molecule has 1 fully saturated rings. The van der Waals surface area contributed by atoms with Gasteiger partial charge in [0.05, 0.1) is 6.61 Å². The van der Waals surface area contributed by atoms with Crippen LogP contribution < -0.4 is 10.1 Å². The minimum Gasteiger partial charge on any atom is -0.493 e. The SMILES string of the molecule is CCCOc1ccc(CCCN2CCNCC2)cc1C(C)C. The van der Waals surface area contributed by atoms with Crippen molar-refractivity contribution >= 4 is 0 Å². The molecular weight excluding hydrogens is 272 g/mol. The maximum absolute atomic E-state index is 5.89. The van der Waals surface area contributed by atoms with E-state index in [1.54, 1.807) is 0 Å². The number of piperazine rings is 1. The molecule has 1 saturated heterocycles. The Labute approximate surface area is 136 Å². The largest absolute Gasteiger partial charge is 0.493 e. The van der Waals surface area contributed by atoms with Gasteiger partial charge in [-0.1, -0.05) is 32.9 Å². The second-order valence-electron chi connectivity index (χ2n) is 6.57. The molecule has 3 nitrogen and oxygen atoms in total. The van der Waals surface area contributed by atoms with Gasteiger partial charge in [-0.15, -0.1) is 0 Å². The molecule has 0 radical (unpaired) electrons. The molecule has 0 aliphatic carbocycles. The van der Waals surface area contributed by atoms with Crippen molar-refractivity contribution in [1.29, 1.82) is 0 Å². The standard InChI is InChI=1S/C19H32N2O/c1-4-14-22-19-8-7-17(15-18(19)16(2)3)6-5-11-21-12-9-20-10-13-21/h7-8,15-16,20H,4-6,9-14H2,1-3H3. The Morgan fingerprint density at radius 1 is 1.23 bits per heavy atom. The molecule has 0 spiro atoms. The van der Waals surface area contributed by atoms with E-state index in [-0.39, 0.29) is 0 Å². The quantitative estimate of drug-likeness (QED) is 0.796. The summed E-state index contributed by atoms with van der Waals surface area (Å²) in [7, 11) is 0. The number of aryl methyl sites for hydroxylation is 1. The van der Waals surface area contributed by atoms with Crippen molar-refractivity contribution in [3.63, 3.8) is 0 Å². The normalized spacial score (nSPS) is 16.2. The van der Waals surface area contributed by atoms with Gasteiger partial charge in [0.25, 0.3) is 0 Å². The van der Waals surface area contributed by atoms with Crippen LogP contribution in [0.25, 0.3) is 0 Å².